The van der Waals surface area contributed by atoms with Gasteiger partial charge in [-0.15, -0.1) is 0 Å². The zero-order valence-corrected chi connectivity index (χ0v) is 14.1. The molecule has 2 rings (SSSR count). The van der Waals surface area contributed by atoms with Crippen molar-refractivity contribution in [1.82, 2.24) is 10.3 Å². The van der Waals surface area contributed by atoms with Crippen LogP contribution in [0.4, 0.5) is 5.82 Å². The Morgan fingerprint density at radius 3 is 2.95 bits per heavy atom. The van der Waals surface area contributed by atoms with Crippen molar-refractivity contribution in [2.75, 3.05) is 17.6 Å². The number of carbonyl (C=O) groups excluding carboxylic acids is 1. The minimum Gasteiger partial charge on any atom is -0.370 e. The summed E-state index contributed by atoms with van der Waals surface area (Å²) in [5.41, 5.74) is 0.568. The molecule has 4 nitrogen and oxygen atoms in total. The van der Waals surface area contributed by atoms with Crippen molar-refractivity contribution < 1.29 is 4.79 Å². The van der Waals surface area contributed by atoms with Crippen molar-refractivity contribution in [2.45, 2.75) is 44.4 Å². The maximum atomic E-state index is 12.4. The molecule has 1 aliphatic rings. The van der Waals surface area contributed by atoms with Crippen molar-refractivity contribution in [2.24, 2.45) is 0 Å². The molecule has 0 radical (unpaired) electrons. The summed E-state index contributed by atoms with van der Waals surface area (Å²) >= 11 is 7.92. The highest BCUT2D eigenvalue weighted by atomic mass is 35.5. The first-order valence-corrected chi connectivity index (χ1v) is 8.90. The van der Waals surface area contributed by atoms with E-state index in [-0.39, 0.29) is 11.9 Å². The zero-order chi connectivity index (χ0) is 15.2. The summed E-state index contributed by atoms with van der Waals surface area (Å²) in [7, 11) is 0. The van der Waals surface area contributed by atoms with Crippen LogP contribution in [0.1, 0.15) is 43.5 Å². The molecule has 0 aliphatic heterocycles. The highest BCUT2D eigenvalue weighted by Crippen LogP contribution is 2.30. The van der Waals surface area contributed by atoms with Crippen molar-refractivity contribution >= 4 is 35.1 Å². The van der Waals surface area contributed by atoms with E-state index in [1.54, 1.807) is 12.1 Å². The van der Waals surface area contributed by atoms with Gasteiger partial charge in [-0.05, 0) is 37.7 Å². The number of pyridine rings is 1. The van der Waals surface area contributed by atoms with Gasteiger partial charge in [0.15, 0.2) is 0 Å². The molecule has 0 spiro atoms. The topological polar surface area (TPSA) is 54.0 Å². The third kappa shape index (κ3) is 4.51. The lowest BCUT2D eigenvalue weighted by molar-refractivity contribution is 0.0938. The van der Waals surface area contributed by atoms with Crippen LogP contribution in [0.15, 0.2) is 12.1 Å². The summed E-state index contributed by atoms with van der Waals surface area (Å²) in [6.07, 6.45) is 3.42. The number of hydrogen-bond donors (Lipinski definition) is 2. The number of halogens is 1. The van der Waals surface area contributed by atoms with Crippen molar-refractivity contribution in [1.29, 1.82) is 0 Å². The van der Waals surface area contributed by atoms with E-state index in [1.807, 2.05) is 18.7 Å². The molecule has 1 aromatic heterocycles. The number of hydrogen-bond acceptors (Lipinski definition) is 4. The predicted octanol–water partition coefficient (Wildman–Crippen LogP) is 3.57. The maximum Gasteiger partial charge on any atom is 0.251 e. The first kappa shape index (κ1) is 16.4. The molecule has 1 amide bonds. The molecule has 0 saturated heterocycles. The Kier molecular flexibility index (Phi) is 6.18. The van der Waals surface area contributed by atoms with Gasteiger partial charge >= 0.3 is 0 Å². The lowest BCUT2D eigenvalue weighted by Crippen LogP contribution is -2.38. The van der Waals surface area contributed by atoms with Gasteiger partial charge in [-0.3, -0.25) is 4.79 Å². The number of thioether (sulfide) groups is 1. The average molecular weight is 328 g/mol. The maximum absolute atomic E-state index is 12.4. The van der Waals surface area contributed by atoms with Gasteiger partial charge in [0.1, 0.15) is 11.0 Å². The van der Waals surface area contributed by atoms with E-state index in [4.69, 9.17) is 11.6 Å². The average Bonchev–Trinajstić information content (AvgIpc) is 2.86. The monoisotopic (exact) mass is 327 g/mol. The first-order chi connectivity index (χ1) is 10.1. The zero-order valence-electron chi connectivity index (χ0n) is 12.5. The Morgan fingerprint density at radius 1 is 1.43 bits per heavy atom. The minimum atomic E-state index is -0.0629. The molecule has 2 N–H and O–H groups in total. The van der Waals surface area contributed by atoms with Gasteiger partial charge in [0.25, 0.3) is 5.91 Å². The molecule has 21 heavy (non-hydrogen) atoms. The summed E-state index contributed by atoms with van der Waals surface area (Å²) in [5, 5.41) is 7.11. The fourth-order valence-electron chi connectivity index (χ4n) is 2.66. The molecule has 0 bridgehead atoms. The third-order valence-electron chi connectivity index (χ3n) is 3.56. The minimum absolute atomic E-state index is 0.0629. The molecular weight excluding hydrogens is 306 g/mol. The van der Waals surface area contributed by atoms with Gasteiger partial charge in [-0.25, -0.2) is 4.98 Å². The molecule has 1 aromatic rings. The van der Waals surface area contributed by atoms with E-state index in [2.05, 4.69) is 22.5 Å². The molecule has 2 atom stereocenters. The Morgan fingerprint density at radius 2 is 2.24 bits per heavy atom. The Hall–Kier alpha value is -0.940. The van der Waals surface area contributed by atoms with Crippen LogP contribution in [-0.2, 0) is 0 Å². The predicted molar refractivity (Wildman–Crippen MR) is 90.4 cm³/mol. The highest BCUT2D eigenvalue weighted by Gasteiger charge is 2.28. The second-order valence-corrected chi connectivity index (χ2v) is 7.00. The molecule has 0 aromatic carbocycles. The van der Waals surface area contributed by atoms with Crippen LogP contribution < -0.4 is 10.6 Å². The third-order valence-corrected chi connectivity index (χ3v) is 5.08. The Bertz CT molecular complexity index is 498. The number of carbonyl (C=O) groups is 1. The summed E-state index contributed by atoms with van der Waals surface area (Å²) in [6, 6.07) is 3.63. The van der Waals surface area contributed by atoms with Crippen LogP contribution in [0.2, 0.25) is 5.15 Å². The van der Waals surface area contributed by atoms with E-state index in [1.165, 1.54) is 12.8 Å². The molecule has 1 aliphatic carbocycles. The van der Waals surface area contributed by atoms with Crippen LogP contribution in [0.3, 0.4) is 0 Å². The molecule has 1 saturated carbocycles. The van der Waals surface area contributed by atoms with E-state index >= 15 is 0 Å². The largest absolute Gasteiger partial charge is 0.370 e. The molecular formula is C15H22ClN3OS. The Balaban J connectivity index is 2.05. The number of aromatic nitrogens is 1. The number of amides is 1. The van der Waals surface area contributed by atoms with E-state index < -0.39 is 0 Å². The van der Waals surface area contributed by atoms with Gasteiger partial charge in [-0.1, -0.05) is 24.9 Å². The lowest BCUT2D eigenvalue weighted by atomic mass is 10.2. The first-order valence-electron chi connectivity index (χ1n) is 7.48. The van der Waals surface area contributed by atoms with E-state index in [0.29, 0.717) is 21.8 Å². The molecule has 2 unspecified atom stereocenters. The van der Waals surface area contributed by atoms with Crippen LogP contribution in [-0.4, -0.2) is 34.5 Å². The summed E-state index contributed by atoms with van der Waals surface area (Å²) in [4.78, 5) is 16.6. The highest BCUT2D eigenvalue weighted by molar-refractivity contribution is 7.99. The smallest absolute Gasteiger partial charge is 0.251 e. The van der Waals surface area contributed by atoms with Crippen molar-refractivity contribution in [3.8, 4) is 0 Å². The second-order valence-electron chi connectivity index (χ2n) is 5.10. The van der Waals surface area contributed by atoms with Crippen molar-refractivity contribution in [3.63, 3.8) is 0 Å². The molecule has 116 valence electrons. The quantitative estimate of drug-likeness (QED) is 0.784. The lowest BCUT2D eigenvalue weighted by Gasteiger charge is -2.20. The van der Waals surface area contributed by atoms with Crippen LogP contribution in [0.5, 0.6) is 0 Å². The van der Waals surface area contributed by atoms with Crippen molar-refractivity contribution in [3.05, 3.63) is 22.8 Å². The summed E-state index contributed by atoms with van der Waals surface area (Å²) < 4.78 is 0. The van der Waals surface area contributed by atoms with Crippen LogP contribution in [0, 0.1) is 0 Å². The molecule has 1 fully saturated rings. The normalized spacial score (nSPS) is 21.3. The molecule has 1 heterocycles. The summed E-state index contributed by atoms with van der Waals surface area (Å²) in [6.45, 7) is 4.88. The standard InChI is InChI=1S/C15H22ClN3OS/c1-3-17-14-9-10(8-13(16)19-14)15(20)18-11-6-5-7-12(11)21-4-2/h8-9,11-12H,3-7H2,1-2H3,(H,17,19)(H,18,20). The van der Waals surface area contributed by atoms with Gasteiger partial charge in [-0.2, -0.15) is 11.8 Å². The van der Waals surface area contributed by atoms with Crippen LogP contribution >= 0.6 is 23.4 Å². The Labute approximate surface area is 135 Å². The number of nitrogens with zero attached hydrogens (tertiary/aromatic N) is 1. The van der Waals surface area contributed by atoms with Gasteiger partial charge in [0, 0.05) is 23.4 Å². The molecule has 6 heteroatoms. The van der Waals surface area contributed by atoms with Gasteiger partial charge in [0.05, 0.1) is 0 Å². The van der Waals surface area contributed by atoms with E-state index in [9.17, 15) is 4.79 Å². The van der Waals surface area contributed by atoms with Gasteiger partial charge in [0.2, 0.25) is 0 Å². The number of rotatable bonds is 6. The second kappa shape index (κ2) is 7.90. The van der Waals surface area contributed by atoms with E-state index in [0.717, 1.165) is 18.7 Å². The fraction of sp³-hybridized carbons (Fsp3) is 0.600. The van der Waals surface area contributed by atoms with Gasteiger partial charge < -0.3 is 10.6 Å². The fourth-order valence-corrected chi connectivity index (χ4v) is 4.06. The number of nitrogens with one attached hydrogen (secondary N) is 2. The summed E-state index contributed by atoms with van der Waals surface area (Å²) in [5.74, 6) is 1.66. The number of anilines is 1. The SMILES string of the molecule is CCNc1cc(C(=O)NC2CCCC2SCC)cc(Cl)n1. The van der Waals surface area contributed by atoms with Crippen LogP contribution in [0.25, 0.3) is 0 Å².